The molecule has 42 valence electrons. The topological polar surface area (TPSA) is 15.3 Å². The maximum atomic E-state index is 5.27. The van der Waals surface area contributed by atoms with Crippen LogP contribution in [0.2, 0.25) is 0 Å². The van der Waals surface area contributed by atoms with Crippen LogP contribution in [0.1, 0.15) is 0 Å². The Hall–Kier alpha value is -0.0800. The molecular weight excluding hydrogens is 88.1 g/mol. The fourth-order valence-corrected chi connectivity index (χ4v) is 0.288. The molecule has 0 aliphatic rings. The predicted molar refractivity (Wildman–Crippen MR) is 30.9 cm³/mol. The molecule has 0 saturated carbocycles. The summed E-state index contributed by atoms with van der Waals surface area (Å²) in [5.41, 5.74) is 0. The van der Waals surface area contributed by atoms with E-state index in [1.54, 1.807) is 4.90 Å². The molecule has 0 rings (SSSR count). The fourth-order valence-electron chi connectivity index (χ4n) is 0.288. The van der Waals surface area contributed by atoms with Crippen molar-refractivity contribution >= 4 is 0 Å². The number of hydrogen-bond donors (Lipinski definition) is 1. The van der Waals surface area contributed by atoms with E-state index in [4.69, 9.17) is 7.05 Å². The molecular formula is C5H12N2. The lowest BCUT2D eigenvalue weighted by molar-refractivity contribution is 0.446. The van der Waals surface area contributed by atoms with Gasteiger partial charge >= 0.3 is 0 Å². The molecule has 2 radical (unpaired) electrons. The minimum atomic E-state index is 0.899. The van der Waals surface area contributed by atoms with Crippen molar-refractivity contribution in [2.75, 3.05) is 27.2 Å². The van der Waals surface area contributed by atoms with Gasteiger partial charge in [-0.25, -0.2) is 0 Å². The first-order valence-electron chi connectivity index (χ1n) is 2.38. The van der Waals surface area contributed by atoms with E-state index in [1.807, 2.05) is 14.1 Å². The molecule has 0 aromatic heterocycles. The third kappa shape index (κ3) is 5.92. The Bertz CT molecular complexity index is 35.1. The highest BCUT2D eigenvalue weighted by molar-refractivity contribution is 4.47. The van der Waals surface area contributed by atoms with Gasteiger partial charge in [0.15, 0.2) is 0 Å². The first-order valence-corrected chi connectivity index (χ1v) is 2.38. The normalized spacial score (nSPS) is 10.3. The van der Waals surface area contributed by atoms with Crippen LogP contribution in [0, 0.1) is 7.05 Å². The second-order valence-corrected chi connectivity index (χ2v) is 1.58. The highest BCUT2D eigenvalue weighted by Gasteiger charge is 1.83. The average molecular weight is 100 g/mol. The monoisotopic (exact) mass is 100 g/mol. The smallest absolute Gasteiger partial charge is 0.0436 e. The summed E-state index contributed by atoms with van der Waals surface area (Å²) in [6.45, 7) is 1.85. The van der Waals surface area contributed by atoms with Gasteiger partial charge in [0.05, 0.1) is 0 Å². The first-order chi connectivity index (χ1) is 3.27. The van der Waals surface area contributed by atoms with Crippen molar-refractivity contribution in [3.05, 3.63) is 7.05 Å². The fraction of sp³-hybridized carbons (Fsp3) is 0.800. The molecule has 0 atom stereocenters. The average Bonchev–Trinajstić information content (AvgIpc) is 1.61. The summed E-state index contributed by atoms with van der Waals surface area (Å²) in [6.07, 6.45) is 0. The van der Waals surface area contributed by atoms with Gasteiger partial charge in [-0.2, -0.15) is 0 Å². The van der Waals surface area contributed by atoms with Gasteiger partial charge in [-0.3, -0.25) is 4.90 Å². The maximum absolute atomic E-state index is 5.27. The SMILES string of the molecule is [CH]N(C)CCNC. The summed E-state index contributed by atoms with van der Waals surface area (Å²) in [7, 11) is 9.02. The van der Waals surface area contributed by atoms with Gasteiger partial charge in [-0.15, -0.1) is 0 Å². The summed E-state index contributed by atoms with van der Waals surface area (Å²) >= 11 is 0. The van der Waals surface area contributed by atoms with Crippen LogP contribution in [0.5, 0.6) is 0 Å². The summed E-state index contributed by atoms with van der Waals surface area (Å²) in [5, 5.41) is 2.98. The highest BCUT2D eigenvalue weighted by Crippen LogP contribution is 1.69. The molecule has 2 nitrogen and oxygen atoms in total. The predicted octanol–water partition coefficient (Wildman–Crippen LogP) is -0.194. The zero-order chi connectivity index (χ0) is 5.70. The Balaban J connectivity index is 2.68. The molecule has 2 heteroatoms. The molecule has 0 heterocycles. The van der Waals surface area contributed by atoms with Gasteiger partial charge in [-0.05, 0) is 14.1 Å². The largest absolute Gasteiger partial charge is 0.318 e. The van der Waals surface area contributed by atoms with Crippen LogP contribution in [-0.2, 0) is 0 Å². The van der Waals surface area contributed by atoms with E-state index < -0.39 is 0 Å². The Labute approximate surface area is 45.5 Å². The molecule has 7 heavy (non-hydrogen) atoms. The van der Waals surface area contributed by atoms with E-state index >= 15 is 0 Å². The van der Waals surface area contributed by atoms with Crippen molar-refractivity contribution in [3.63, 3.8) is 0 Å². The number of nitrogens with zero attached hydrogens (tertiary/aromatic N) is 1. The van der Waals surface area contributed by atoms with Crippen molar-refractivity contribution in [1.82, 2.24) is 10.2 Å². The van der Waals surface area contributed by atoms with E-state index in [1.165, 1.54) is 0 Å². The van der Waals surface area contributed by atoms with E-state index in [2.05, 4.69) is 5.32 Å². The minimum Gasteiger partial charge on any atom is -0.318 e. The van der Waals surface area contributed by atoms with Crippen molar-refractivity contribution in [3.8, 4) is 0 Å². The molecule has 0 aliphatic heterocycles. The lowest BCUT2D eigenvalue weighted by atomic mass is 10.6. The van der Waals surface area contributed by atoms with Gasteiger partial charge < -0.3 is 5.32 Å². The maximum Gasteiger partial charge on any atom is 0.0436 e. The number of likely N-dealkylation sites (N-methyl/N-ethyl adjacent to an activating group) is 2. The van der Waals surface area contributed by atoms with Gasteiger partial charge in [0.1, 0.15) is 0 Å². The van der Waals surface area contributed by atoms with Crippen LogP contribution in [0.15, 0.2) is 0 Å². The zero-order valence-corrected chi connectivity index (χ0v) is 4.94. The molecule has 0 spiro atoms. The van der Waals surface area contributed by atoms with E-state index in [0.29, 0.717) is 0 Å². The van der Waals surface area contributed by atoms with Crippen LogP contribution in [-0.4, -0.2) is 32.1 Å². The lowest BCUT2D eigenvalue weighted by Crippen LogP contribution is -2.22. The standard InChI is InChI=1S/C5H12N2/c1-6-4-5-7(2)3/h2,6H,4-5H2,1,3H3. The molecule has 0 aromatic carbocycles. The summed E-state index contributed by atoms with van der Waals surface area (Å²) in [4.78, 5) is 1.65. The summed E-state index contributed by atoms with van der Waals surface area (Å²) in [6, 6.07) is 0. The molecule has 0 unspecified atom stereocenters. The van der Waals surface area contributed by atoms with Crippen molar-refractivity contribution in [2.24, 2.45) is 0 Å². The van der Waals surface area contributed by atoms with Gasteiger partial charge in [0.2, 0.25) is 0 Å². The Morgan fingerprint density at radius 3 is 2.43 bits per heavy atom. The van der Waals surface area contributed by atoms with Crippen LogP contribution < -0.4 is 5.32 Å². The lowest BCUT2D eigenvalue weighted by Gasteiger charge is -2.05. The van der Waals surface area contributed by atoms with Crippen molar-refractivity contribution in [1.29, 1.82) is 0 Å². The molecule has 0 bridgehead atoms. The van der Waals surface area contributed by atoms with Crippen molar-refractivity contribution in [2.45, 2.75) is 0 Å². The number of hydrogen-bond acceptors (Lipinski definition) is 2. The Morgan fingerprint density at radius 2 is 2.29 bits per heavy atom. The minimum absolute atomic E-state index is 0.899. The van der Waals surface area contributed by atoms with Crippen LogP contribution in [0.3, 0.4) is 0 Å². The van der Waals surface area contributed by atoms with E-state index in [9.17, 15) is 0 Å². The van der Waals surface area contributed by atoms with Crippen molar-refractivity contribution < 1.29 is 0 Å². The third-order valence-electron chi connectivity index (χ3n) is 0.715. The summed E-state index contributed by atoms with van der Waals surface area (Å²) < 4.78 is 0. The quantitative estimate of drug-likeness (QED) is 0.494. The summed E-state index contributed by atoms with van der Waals surface area (Å²) in [5.74, 6) is 0. The molecule has 0 aliphatic carbocycles. The van der Waals surface area contributed by atoms with Crippen LogP contribution >= 0.6 is 0 Å². The molecule has 0 amide bonds. The second kappa shape index (κ2) is 4.09. The number of nitrogens with one attached hydrogen (secondary N) is 1. The van der Waals surface area contributed by atoms with E-state index in [0.717, 1.165) is 13.1 Å². The van der Waals surface area contributed by atoms with Gasteiger partial charge in [-0.1, -0.05) is 0 Å². The Morgan fingerprint density at radius 1 is 1.71 bits per heavy atom. The third-order valence-corrected chi connectivity index (χ3v) is 0.715. The molecule has 1 N–H and O–H groups in total. The molecule has 0 aromatic rings. The van der Waals surface area contributed by atoms with E-state index in [-0.39, 0.29) is 0 Å². The number of rotatable bonds is 3. The first kappa shape index (κ1) is 6.92. The molecule has 0 fully saturated rings. The van der Waals surface area contributed by atoms with Gasteiger partial charge in [0, 0.05) is 20.1 Å². The zero-order valence-electron chi connectivity index (χ0n) is 4.94. The van der Waals surface area contributed by atoms with Crippen LogP contribution in [0.4, 0.5) is 0 Å². The van der Waals surface area contributed by atoms with Crippen LogP contribution in [0.25, 0.3) is 0 Å². The molecule has 0 saturated heterocycles. The second-order valence-electron chi connectivity index (χ2n) is 1.58. The highest BCUT2D eigenvalue weighted by atomic mass is 15.1. The Kier molecular flexibility index (Phi) is 4.04. The van der Waals surface area contributed by atoms with Gasteiger partial charge in [0.25, 0.3) is 0 Å².